The van der Waals surface area contributed by atoms with Gasteiger partial charge in [-0.25, -0.2) is 13.2 Å². The predicted molar refractivity (Wildman–Crippen MR) is 113 cm³/mol. The van der Waals surface area contributed by atoms with Crippen molar-refractivity contribution in [1.29, 1.82) is 0 Å². The van der Waals surface area contributed by atoms with Gasteiger partial charge in [0, 0.05) is 17.8 Å². The van der Waals surface area contributed by atoms with Crippen LogP contribution in [-0.4, -0.2) is 36.9 Å². The highest BCUT2D eigenvalue weighted by molar-refractivity contribution is 7.92. The number of phenolic OH excluding ortho intramolecular Hbond substituents is 1. The monoisotopic (exact) mass is 475 g/mol. The fourth-order valence-corrected chi connectivity index (χ4v) is 3.65. The summed E-state index contributed by atoms with van der Waals surface area (Å²) >= 11 is 0. The molecule has 172 valence electrons. The number of amides is 1. The van der Waals surface area contributed by atoms with E-state index in [1.807, 2.05) is 0 Å². The van der Waals surface area contributed by atoms with Gasteiger partial charge in [-0.1, -0.05) is 0 Å². The van der Waals surface area contributed by atoms with E-state index in [2.05, 4.69) is 10.0 Å². The first-order valence-corrected chi connectivity index (χ1v) is 10.7. The van der Waals surface area contributed by atoms with Crippen molar-refractivity contribution in [2.45, 2.75) is 11.4 Å². The lowest BCUT2D eigenvalue weighted by atomic mass is 10.2. The van der Waals surface area contributed by atoms with Gasteiger partial charge in [0.05, 0.1) is 22.6 Å². The SMILES string of the molecule is O=C(COC(=O)c1cc(S(=O)(=O)Nc2ccc([N+](=O)[O-])cc2)ccc1O)NCc1ccco1. The molecule has 0 aliphatic rings. The molecule has 0 bridgehead atoms. The van der Waals surface area contributed by atoms with Gasteiger partial charge in [0.25, 0.3) is 21.6 Å². The highest BCUT2D eigenvalue weighted by Crippen LogP contribution is 2.24. The van der Waals surface area contributed by atoms with Crippen LogP contribution >= 0.6 is 0 Å². The van der Waals surface area contributed by atoms with Gasteiger partial charge in [0.2, 0.25) is 0 Å². The Morgan fingerprint density at radius 1 is 1.12 bits per heavy atom. The molecule has 3 aromatic rings. The third-order valence-corrected chi connectivity index (χ3v) is 5.58. The second-order valence-corrected chi connectivity index (χ2v) is 8.20. The second kappa shape index (κ2) is 9.82. The van der Waals surface area contributed by atoms with Crippen LogP contribution in [0.3, 0.4) is 0 Å². The van der Waals surface area contributed by atoms with E-state index in [1.165, 1.54) is 18.4 Å². The fraction of sp³-hybridized carbons (Fsp3) is 0.100. The molecule has 1 amide bonds. The summed E-state index contributed by atoms with van der Waals surface area (Å²) in [7, 11) is -4.21. The van der Waals surface area contributed by atoms with Gasteiger partial charge >= 0.3 is 5.97 Å². The van der Waals surface area contributed by atoms with Crippen molar-refractivity contribution in [3.05, 3.63) is 82.3 Å². The largest absolute Gasteiger partial charge is 0.507 e. The molecule has 12 nitrogen and oxygen atoms in total. The van der Waals surface area contributed by atoms with Crippen molar-refractivity contribution in [1.82, 2.24) is 5.32 Å². The first kappa shape index (κ1) is 23.3. The van der Waals surface area contributed by atoms with Crippen LogP contribution in [-0.2, 0) is 26.1 Å². The zero-order chi connectivity index (χ0) is 24.0. The number of rotatable bonds is 9. The number of hydrogen-bond donors (Lipinski definition) is 3. The molecule has 0 atom stereocenters. The maximum atomic E-state index is 12.6. The molecule has 3 N–H and O–H groups in total. The number of esters is 1. The van der Waals surface area contributed by atoms with Crippen LogP contribution in [0.2, 0.25) is 0 Å². The van der Waals surface area contributed by atoms with E-state index in [0.717, 1.165) is 30.3 Å². The molecule has 0 saturated carbocycles. The van der Waals surface area contributed by atoms with Crippen LogP contribution in [0.4, 0.5) is 11.4 Å². The minimum atomic E-state index is -4.21. The van der Waals surface area contributed by atoms with Crippen molar-refractivity contribution in [3.8, 4) is 5.75 Å². The van der Waals surface area contributed by atoms with Crippen LogP contribution in [0.25, 0.3) is 0 Å². The van der Waals surface area contributed by atoms with E-state index in [1.54, 1.807) is 12.1 Å². The minimum Gasteiger partial charge on any atom is -0.507 e. The van der Waals surface area contributed by atoms with Crippen LogP contribution < -0.4 is 10.0 Å². The minimum absolute atomic E-state index is 0.0472. The average molecular weight is 475 g/mol. The number of benzene rings is 2. The third kappa shape index (κ3) is 6.07. The van der Waals surface area contributed by atoms with Crippen molar-refractivity contribution in [3.63, 3.8) is 0 Å². The predicted octanol–water partition coefficient (Wildman–Crippen LogP) is 2.17. The molecule has 0 unspecified atom stereocenters. The number of furan rings is 1. The molecule has 0 aliphatic heterocycles. The number of anilines is 1. The first-order chi connectivity index (χ1) is 15.7. The van der Waals surface area contributed by atoms with Crippen molar-refractivity contribution < 1.29 is 37.2 Å². The van der Waals surface area contributed by atoms with Crippen molar-refractivity contribution in [2.75, 3.05) is 11.3 Å². The Morgan fingerprint density at radius 2 is 1.85 bits per heavy atom. The maximum Gasteiger partial charge on any atom is 0.342 e. The lowest BCUT2D eigenvalue weighted by Gasteiger charge is -2.11. The smallest absolute Gasteiger partial charge is 0.342 e. The third-order valence-electron chi connectivity index (χ3n) is 4.20. The summed E-state index contributed by atoms with van der Waals surface area (Å²) in [5.41, 5.74) is -0.646. The molecule has 3 rings (SSSR count). The number of aromatic hydroxyl groups is 1. The Kier molecular flexibility index (Phi) is 6.93. The fourth-order valence-electron chi connectivity index (χ4n) is 2.57. The molecular weight excluding hydrogens is 458 g/mol. The van der Waals surface area contributed by atoms with Gasteiger partial charge in [-0.15, -0.1) is 0 Å². The highest BCUT2D eigenvalue weighted by atomic mass is 32.2. The molecule has 0 fully saturated rings. The van der Waals surface area contributed by atoms with Gasteiger partial charge in [-0.2, -0.15) is 0 Å². The molecule has 2 aromatic carbocycles. The summed E-state index contributed by atoms with van der Waals surface area (Å²) in [5.74, 6) is -1.81. The zero-order valence-electron chi connectivity index (χ0n) is 16.8. The Morgan fingerprint density at radius 3 is 2.48 bits per heavy atom. The van der Waals surface area contributed by atoms with E-state index in [4.69, 9.17) is 9.15 Å². The summed E-state index contributed by atoms with van der Waals surface area (Å²) < 4.78 is 37.3. The van der Waals surface area contributed by atoms with Crippen LogP contribution in [0.1, 0.15) is 16.1 Å². The van der Waals surface area contributed by atoms with Gasteiger partial charge in [0.15, 0.2) is 6.61 Å². The van der Waals surface area contributed by atoms with Crippen LogP contribution in [0.15, 0.2) is 70.2 Å². The molecule has 0 aliphatic carbocycles. The lowest BCUT2D eigenvalue weighted by Crippen LogP contribution is -2.28. The number of carbonyl (C=O) groups is 2. The number of phenols is 1. The summed E-state index contributed by atoms with van der Waals surface area (Å²) in [6.07, 6.45) is 1.43. The van der Waals surface area contributed by atoms with E-state index in [0.29, 0.717) is 5.76 Å². The highest BCUT2D eigenvalue weighted by Gasteiger charge is 2.21. The number of nitro groups is 1. The van der Waals surface area contributed by atoms with E-state index in [9.17, 15) is 33.2 Å². The Bertz CT molecular complexity index is 1270. The molecule has 0 saturated heterocycles. The topological polar surface area (TPSA) is 178 Å². The first-order valence-electron chi connectivity index (χ1n) is 9.22. The number of hydrogen-bond acceptors (Lipinski definition) is 9. The number of carbonyl (C=O) groups excluding carboxylic acids is 2. The molecule has 33 heavy (non-hydrogen) atoms. The zero-order valence-corrected chi connectivity index (χ0v) is 17.6. The quantitative estimate of drug-likeness (QED) is 0.237. The normalized spacial score (nSPS) is 10.9. The number of nitrogens with zero attached hydrogens (tertiary/aromatic N) is 1. The van der Waals surface area contributed by atoms with Gasteiger partial charge in [-0.05, 0) is 42.5 Å². The van der Waals surface area contributed by atoms with Gasteiger partial charge in [0.1, 0.15) is 17.1 Å². The average Bonchev–Trinajstić information content (AvgIpc) is 3.30. The Hall–Kier alpha value is -4.39. The van der Waals surface area contributed by atoms with Gasteiger partial charge < -0.3 is 19.6 Å². The molecule has 13 heteroatoms. The van der Waals surface area contributed by atoms with E-state index >= 15 is 0 Å². The van der Waals surface area contributed by atoms with Crippen molar-refractivity contribution in [2.24, 2.45) is 0 Å². The number of sulfonamides is 1. The van der Waals surface area contributed by atoms with Gasteiger partial charge in [-0.3, -0.25) is 19.6 Å². The molecule has 1 heterocycles. The van der Waals surface area contributed by atoms with Crippen molar-refractivity contribution >= 4 is 33.3 Å². The lowest BCUT2D eigenvalue weighted by molar-refractivity contribution is -0.384. The maximum absolute atomic E-state index is 12.6. The summed E-state index contributed by atoms with van der Waals surface area (Å²) in [4.78, 5) is 33.8. The second-order valence-electron chi connectivity index (χ2n) is 6.52. The van der Waals surface area contributed by atoms with E-state index < -0.39 is 44.7 Å². The summed E-state index contributed by atoms with van der Waals surface area (Å²) in [6.45, 7) is -0.590. The molecular formula is C20H17N3O9S. The summed E-state index contributed by atoms with van der Waals surface area (Å²) in [5, 5.41) is 23.1. The Balaban J connectivity index is 1.66. The van der Waals surface area contributed by atoms with Crippen LogP contribution in [0, 0.1) is 10.1 Å². The molecule has 1 aromatic heterocycles. The molecule has 0 radical (unpaired) electrons. The van der Waals surface area contributed by atoms with E-state index in [-0.39, 0.29) is 22.8 Å². The van der Waals surface area contributed by atoms with Crippen LogP contribution in [0.5, 0.6) is 5.75 Å². The number of nitro benzene ring substituents is 1. The summed E-state index contributed by atoms with van der Waals surface area (Å²) in [6, 6.07) is 10.8. The number of nitrogens with one attached hydrogen (secondary N) is 2. The Labute approximate surface area is 187 Å². The molecule has 0 spiro atoms. The number of ether oxygens (including phenoxy) is 1. The standard InChI is InChI=1S/C20H17N3O9S/c24-18-8-7-16(33(29,30)22-13-3-5-14(6-4-13)23(27)28)10-17(18)20(26)32-12-19(25)21-11-15-2-1-9-31-15/h1-10,22,24H,11-12H2,(H,21,25). The number of non-ortho nitro benzene ring substituents is 1.